The predicted molar refractivity (Wildman–Crippen MR) is 25.9 cm³/mol. The quantitative estimate of drug-likeness (QED) is 0.417. The first-order valence-corrected chi connectivity index (χ1v) is 2.31. The summed E-state index contributed by atoms with van der Waals surface area (Å²) in [7, 11) is -0.397. The molecule has 0 bridgehead atoms. The van der Waals surface area contributed by atoms with Gasteiger partial charge in [0, 0.05) is 0 Å². The molecule has 0 unspecified atom stereocenters. The van der Waals surface area contributed by atoms with Crippen LogP contribution < -0.4 is 5.73 Å². The van der Waals surface area contributed by atoms with E-state index in [0.29, 0.717) is 0 Å². The smallest absolute Gasteiger partial charge is 0.255 e. The van der Waals surface area contributed by atoms with Gasteiger partial charge in [-0.15, -0.1) is 0 Å². The second-order valence-corrected chi connectivity index (χ2v) is 1.62. The number of carbonyl (C=O) groups excluding carboxylic acids is 1. The third kappa shape index (κ3) is 2.06. The maximum Gasteiger partial charge on any atom is 0.255 e. The fourth-order valence-electron chi connectivity index (χ4n) is 0.0450. The fourth-order valence-corrected chi connectivity index (χ4v) is 0.135. The van der Waals surface area contributed by atoms with Crippen LogP contribution in [0.4, 0.5) is 0 Å². The molecule has 0 aromatic carbocycles. The third-order valence-electron chi connectivity index (χ3n) is 0.395. The lowest BCUT2D eigenvalue weighted by molar-refractivity contribution is -0.113. The molecule has 0 fully saturated rings. The lowest BCUT2D eigenvalue weighted by atomic mass is 10.6. The van der Waals surface area contributed by atoms with Crippen molar-refractivity contribution < 1.29 is 9.36 Å². The molecule has 0 aliphatic rings. The SMILES string of the molecule is C=C(P=O)C(N)=O. The van der Waals surface area contributed by atoms with E-state index >= 15 is 0 Å². The van der Waals surface area contributed by atoms with Gasteiger partial charge in [-0.05, 0) is 0 Å². The van der Waals surface area contributed by atoms with Crippen LogP contribution in [0.2, 0.25) is 0 Å². The Hall–Kier alpha value is -0.690. The van der Waals surface area contributed by atoms with Gasteiger partial charge in [-0.3, -0.25) is 9.36 Å². The molecular weight excluding hydrogens is 113 g/mol. The highest BCUT2D eigenvalue weighted by molar-refractivity contribution is 7.31. The van der Waals surface area contributed by atoms with Gasteiger partial charge in [0.15, 0.2) is 8.46 Å². The summed E-state index contributed by atoms with van der Waals surface area (Å²) in [6, 6.07) is 0. The molecule has 2 N–H and O–H groups in total. The number of rotatable bonds is 2. The number of primary amides is 1. The summed E-state index contributed by atoms with van der Waals surface area (Å²) >= 11 is 0. The molecule has 0 atom stereocenters. The first-order chi connectivity index (χ1) is 3.18. The summed E-state index contributed by atoms with van der Waals surface area (Å²) in [5.41, 5.74) is 4.60. The monoisotopic (exact) mass is 117 g/mol. The van der Waals surface area contributed by atoms with Crippen LogP contribution >= 0.6 is 8.46 Å². The van der Waals surface area contributed by atoms with Crippen molar-refractivity contribution in [3.8, 4) is 0 Å². The lowest BCUT2D eigenvalue weighted by Crippen LogP contribution is -2.08. The first kappa shape index (κ1) is 6.31. The first-order valence-electron chi connectivity index (χ1n) is 1.50. The average molecular weight is 117 g/mol. The molecule has 0 rings (SSSR count). The zero-order valence-corrected chi connectivity index (χ0v) is 4.44. The Morgan fingerprint density at radius 1 is 1.71 bits per heavy atom. The summed E-state index contributed by atoms with van der Waals surface area (Å²) < 4.78 is 9.64. The Kier molecular flexibility index (Phi) is 2.23. The van der Waals surface area contributed by atoms with Crippen LogP contribution in [0.1, 0.15) is 0 Å². The van der Waals surface area contributed by atoms with E-state index in [1.165, 1.54) is 0 Å². The Morgan fingerprint density at radius 3 is 2.14 bits per heavy atom. The van der Waals surface area contributed by atoms with Crippen LogP contribution in [-0.2, 0) is 9.36 Å². The van der Waals surface area contributed by atoms with Crippen LogP contribution in [0.15, 0.2) is 11.9 Å². The van der Waals surface area contributed by atoms with Crippen LogP contribution in [-0.4, -0.2) is 5.91 Å². The minimum atomic E-state index is -0.725. The van der Waals surface area contributed by atoms with Crippen molar-refractivity contribution in [2.24, 2.45) is 5.73 Å². The molecule has 38 valence electrons. The van der Waals surface area contributed by atoms with Gasteiger partial charge in [-0.2, -0.15) is 0 Å². The van der Waals surface area contributed by atoms with Crippen LogP contribution in [0.5, 0.6) is 0 Å². The number of hydrogen-bond acceptors (Lipinski definition) is 2. The predicted octanol–water partition coefficient (Wildman–Crippen LogP) is 0.277. The summed E-state index contributed by atoms with van der Waals surface area (Å²) in [6.45, 7) is 3.07. The minimum Gasteiger partial charge on any atom is -0.365 e. The summed E-state index contributed by atoms with van der Waals surface area (Å²) in [6.07, 6.45) is 0. The van der Waals surface area contributed by atoms with Crippen LogP contribution in [0, 0.1) is 0 Å². The molecular formula is C3H4NO2P. The minimum absolute atomic E-state index is 0.0972. The standard InChI is InChI=1S/C3H4NO2P/c1-2(7-6)3(4)5/h1H2,(H2,4,5). The highest BCUT2D eigenvalue weighted by Gasteiger charge is 1.96. The number of hydrogen-bond donors (Lipinski definition) is 1. The van der Waals surface area contributed by atoms with Gasteiger partial charge in [0.2, 0.25) is 0 Å². The largest absolute Gasteiger partial charge is 0.365 e. The zero-order valence-electron chi connectivity index (χ0n) is 3.55. The maximum absolute atomic E-state index is 9.85. The second-order valence-electron chi connectivity index (χ2n) is 0.902. The Balaban J connectivity index is 3.81. The molecule has 7 heavy (non-hydrogen) atoms. The Labute approximate surface area is 42.4 Å². The number of carbonyl (C=O) groups is 1. The van der Waals surface area contributed by atoms with Gasteiger partial charge < -0.3 is 5.73 Å². The van der Waals surface area contributed by atoms with E-state index in [1.54, 1.807) is 0 Å². The Bertz CT molecular complexity index is 120. The van der Waals surface area contributed by atoms with Gasteiger partial charge in [0.1, 0.15) is 5.31 Å². The topological polar surface area (TPSA) is 60.2 Å². The average Bonchev–Trinajstić information content (AvgIpc) is 1.65. The van der Waals surface area contributed by atoms with Crippen molar-refractivity contribution in [3.05, 3.63) is 11.9 Å². The second kappa shape index (κ2) is 2.48. The molecule has 0 aliphatic heterocycles. The van der Waals surface area contributed by atoms with Crippen molar-refractivity contribution in [3.63, 3.8) is 0 Å². The highest BCUT2D eigenvalue weighted by atomic mass is 31.1. The molecule has 0 spiro atoms. The number of nitrogens with two attached hydrogens (primary N) is 1. The normalized spacial score (nSPS) is 8.57. The van der Waals surface area contributed by atoms with E-state index in [9.17, 15) is 9.36 Å². The highest BCUT2D eigenvalue weighted by Crippen LogP contribution is 2.04. The van der Waals surface area contributed by atoms with Crippen molar-refractivity contribution in [2.75, 3.05) is 0 Å². The van der Waals surface area contributed by atoms with Crippen molar-refractivity contribution in [2.45, 2.75) is 0 Å². The van der Waals surface area contributed by atoms with E-state index < -0.39 is 14.4 Å². The molecule has 0 saturated carbocycles. The molecule has 1 amide bonds. The molecule has 0 radical (unpaired) electrons. The summed E-state index contributed by atoms with van der Waals surface area (Å²) in [5, 5.41) is -0.0972. The van der Waals surface area contributed by atoms with Crippen LogP contribution in [0.3, 0.4) is 0 Å². The molecule has 3 nitrogen and oxygen atoms in total. The van der Waals surface area contributed by atoms with E-state index in [-0.39, 0.29) is 5.31 Å². The van der Waals surface area contributed by atoms with Crippen molar-refractivity contribution >= 4 is 14.4 Å². The Morgan fingerprint density at radius 2 is 2.14 bits per heavy atom. The molecule has 0 aromatic rings. The van der Waals surface area contributed by atoms with E-state index in [1.807, 2.05) is 0 Å². The molecule has 0 aromatic heterocycles. The zero-order chi connectivity index (χ0) is 5.86. The van der Waals surface area contributed by atoms with Gasteiger partial charge in [-0.25, -0.2) is 0 Å². The van der Waals surface area contributed by atoms with Gasteiger partial charge in [0.25, 0.3) is 5.91 Å². The number of amides is 1. The fraction of sp³-hybridized carbons (Fsp3) is 0. The van der Waals surface area contributed by atoms with Gasteiger partial charge >= 0.3 is 0 Å². The van der Waals surface area contributed by atoms with E-state index in [0.717, 1.165) is 0 Å². The summed E-state index contributed by atoms with van der Waals surface area (Å²) in [5.74, 6) is -0.725. The van der Waals surface area contributed by atoms with Crippen molar-refractivity contribution in [1.82, 2.24) is 0 Å². The molecule has 0 aliphatic carbocycles. The summed E-state index contributed by atoms with van der Waals surface area (Å²) in [4.78, 5) is 9.85. The van der Waals surface area contributed by atoms with E-state index in [4.69, 9.17) is 0 Å². The lowest BCUT2D eigenvalue weighted by Gasteiger charge is -1.79. The molecule has 0 saturated heterocycles. The van der Waals surface area contributed by atoms with E-state index in [2.05, 4.69) is 12.3 Å². The maximum atomic E-state index is 9.85. The van der Waals surface area contributed by atoms with Crippen LogP contribution in [0.25, 0.3) is 0 Å². The van der Waals surface area contributed by atoms with Crippen molar-refractivity contribution in [1.29, 1.82) is 0 Å². The third-order valence-corrected chi connectivity index (χ3v) is 0.835. The molecule has 4 heteroatoms. The molecule has 0 heterocycles. The van der Waals surface area contributed by atoms with Gasteiger partial charge in [0.05, 0.1) is 0 Å². The van der Waals surface area contributed by atoms with Gasteiger partial charge in [-0.1, -0.05) is 6.58 Å².